The summed E-state index contributed by atoms with van der Waals surface area (Å²) in [6, 6.07) is 0. The second-order valence-corrected chi connectivity index (χ2v) is 5.04. The monoisotopic (exact) mass is 206 g/mol. The summed E-state index contributed by atoms with van der Waals surface area (Å²) in [7, 11) is 0. The number of hydrazone groups is 1. The molecule has 1 aliphatic heterocycles. The number of rotatable bonds is 1. The van der Waals surface area contributed by atoms with Crippen LogP contribution in [0.2, 0.25) is 0 Å². The molecule has 1 heterocycles. The van der Waals surface area contributed by atoms with Crippen molar-refractivity contribution in [3.8, 4) is 0 Å². The molecule has 1 N–H and O–H groups in total. The Labute approximate surface area is 92.8 Å². The van der Waals surface area contributed by atoms with Gasteiger partial charge in [0, 0.05) is 17.8 Å². The van der Waals surface area contributed by atoms with E-state index in [1.807, 2.05) is 0 Å². The molecule has 0 amide bonds. The highest BCUT2D eigenvalue weighted by atomic mass is 15.3. The van der Waals surface area contributed by atoms with Crippen LogP contribution >= 0.6 is 0 Å². The number of hydrogen-bond donors (Lipinski definition) is 1. The van der Waals surface area contributed by atoms with Gasteiger partial charge in [0.05, 0.1) is 0 Å². The number of fused-ring (bicyclic) bond motifs is 1. The molecule has 1 aliphatic carbocycles. The summed E-state index contributed by atoms with van der Waals surface area (Å²) in [5.41, 5.74) is 6.25. The Balaban J connectivity index is 2.21. The van der Waals surface area contributed by atoms with Gasteiger partial charge in [0.15, 0.2) is 0 Å². The molecule has 0 saturated heterocycles. The molecule has 0 bridgehead atoms. The van der Waals surface area contributed by atoms with Crippen molar-refractivity contribution < 1.29 is 0 Å². The van der Waals surface area contributed by atoms with E-state index in [2.05, 4.69) is 30.6 Å². The molecule has 15 heavy (non-hydrogen) atoms. The largest absolute Gasteiger partial charge is 0.283 e. The SMILES string of the molecule is CC(C)C1=C2CCCCCCC2C=NN1. The molecule has 0 spiro atoms. The van der Waals surface area contributed by atoms with Gasteiger partial charge in [0.1, 0.15) is 0 Å². The molecule has 1 fully saturated rings. The van der Waals surface area contributed by atoms with E-state index in [1.54, 1.807) is 5.57 Å². The van der Waals surface area contributed by atoms with Crippen molar-refractivity contribution in [3.63, 3.8) is 0 Å². The van der Waals surface area contributed by atoms with Gasteiger partial charge in [-0.25, -0.2) is 0 Å². The predicted molar refractivity (Wildman–Crippen MR) is 64.7 cm³/mol. The maximum absolute atomic E-state index is 4.30. The summed E-state index contributed by atoms with van der Waals surface area (Å²) >= 11 is 0. The van der Waals surface area contributed by atoms with E-state index in [0.29, 0.717) is 11.8 Å². The quantitative estimate of drug-likeness (QED) is 0.698. The third-order valence-corrected chi connectivity index (χ3v) is 3.52. The first-order valence-corrected chi connectivity index (χ1v) is 6.31. The van der Waals surface area contributed by atoms with Crippen LogP contribution in [-0.4, -0.2) is 6.21 Å². The van der Waals surface area contributed by atoms with Gasteiger partial charge in [0.25, 0.3) is 0 Å². The van der Waals surface area contributed by atoms with E-state index < -0.39 is 0 Å². The van der Waals surface area contributed by atoms with Crippen molar-refractivity contribution in [1.82, 2.24) is 5.43 Å². The highest BCUT2D eigenvalue weighted by Gasteiger charge is 2.22. The Kier molecular flexibility index (Phi) is 3.45. The number of allylic oxidation sites excluding steroid dienone is 2. The lowest BCUT2D eigenvalue weighted by Crippen LogP contribution is -2.25. The van der Waals surface area contributed by atoms with Gasteiger partial charge in [-0.2, -0.15) is 5.10 Å². The zero-order valence-corrected chi connectivity index (χ0v) is 9.92. The molecule has 2 aliphatic rings. The molecular weight excluding hydrogens is 184 g/mol. The van der Waals surface area contributed by atoms with E-state index >= 15 is 0 Å². The fourth-order valence-corrected chi connectivity index (χ4v) is 2.66. The van der Waals surface area contributed by atoms with Crippen molar-refractivity contribution in [1.29, 1.82) is 0 Å². The minimum absolute atomic E-state index is 0.583. The van der Waals surface area contributed by atoms with Crippen LogP contribution in [0.1, 0.15) is 52.4 Å². The van der Waals surface area contributed by atoms with Gasteiger partial charge in [-0.15, -0.1) is 0 Å². The Morgan fingerprint density at radius 3 is 2.87 bits per heavy atom. The van der Waals surface area contributed by atoms with Crippen LogP contribution in [0.4, 0.5) is 0 Å². The average Bonchev–Trinajstić information content (AvgIpc) is 2.17. The summed E-state index contributed by atoms with van der Waals surface area (Å²) in [6.45, 7) is 4.51. The number of hydrogen-bond acceptors (Lipinski definition) is 2. The average molecular weight is 206 g/mol. The van der Waals surface area contributed by atoms with Crippen molar-refractivity contribution in [2.75, 3.05) is 0 Å². The topological polar surface area (TPSA) is 24.4 Å². The molecule has 0 aromatic carbocycles. The van der Waals surface area contributed by atoms with Crippen molar-refractivity contribution >= 4 is 6.21 Å². The normalized spacial score (nSPS) is 27.0. The minimum Gasteiger partial charge on any atom is -0.283 e. The fraction of sp³-hybridized carbons (Fsp3) is 0.769. The Morgan fingerprint density at radius 1 is 1.27 bits per heavy atom. The van der Waals surface area contributed by atoms with Crippen LogP contribution < -0.4 is 5.43 Å². The van der Waals surface area contributed by atoms with E-state index in [1.165, 1.54) is 44.2 Å². The van der Waals surface area contributed by atoms with Crippen molar-refractivity contribution in [2.24, 2.45) is 16.9 Å². The molecule has 84 valence electrons. The van der Waals surface area contributed by atoms with Gasteiger partial charge < -0.3 is 0 Å². The van der Waals surface area contributed by atoms with E-state index in [-0.39, 0.29) is 0 Å². The van der Waals surface area contributed by atoms with Crippen LogP contribution in [0, 0.1) is 11.8 Å². The molecular formula is C13H22N2. The Hall–Kier alpha value is -0.790. The second kappa shape index (κ2) is 4.82. The first-order chi connectivity index (χ1) is 7.29. The zero-order valence-electron chi connectivity index (χ0n) is 9.92. The lowest BCUT2D eigenvalue weighted by molar-refractivity contribution is 0.500. The summed E-state index contributed by atoms with van der Waals surface area (Å²) in [6.07, 6.45) is 10.2. The highest BCUT2D eigenvalue weighted by molar-refractivity contribution is 5.66. The van der Waals surface area contributed by atoms with Gasteiger partial charge in [0.2, 0.25) is 0 Å². The maximum Gasteiger partial charge on any atom is 0.0359 e. The summed E-state index contributed by atoms with van der Waals surface area (Å²) < 4.78 is 0. The zero-order chi connectivity index (χ0) is 10.7. The second-order valence-electron chi connectivity index (χ2n) is 5.04. The van der Waals surface area contributed by atoms with Gasteiger partial charge >= 0.3 is 0 Å². The first-order valence-electron chi connectivity index (χ1n) is 6.31. The minimum atomic E-state index is 0.583. The molecule has 0 aromatic rings. The molecule has 1 unspecified atom stereocenters. The fourth-order valence-electron chi connectivity index (χ4n) is 2.66. The lowest BCUT2D eigenvalue weighted by Gasteiger charge is -2.28. The van der Waals surface area contributed by atoms with Crippen LogP contribution in [0.3, 0.4) is 0 Å². The van der Waals surface area contributed by atoms with Gasteiger partial charge in [-0.3, -0.25) is 5.43 Å². The van der Waals surface area contributed by atoms with Crippen LogP contribution in [0.25, 0.3) is 0 Å². The number of nitrogens with zero attached hydrogens (tertiary/aromatic N) is 1. The molecule has 1 atom stereocenters. The lowest BCUT2D eigenvalue weighted by atomic mass is 9.83. The van der Waals surface area contributed by atoms with E-state index in [0.717, 1.165) is 0 Å². The molecule has 2 heteroatoms. The van der Waals surface area contributed by atoms with Crippen LogP contribution in [-0.2, 0) is 0 Å². The molecule has 1 saturated carbocycles. The summed E-state index contributed by atoms with van der Waals surface area (Å²) in [4.78, 5) is 0. The smallest absolute Gasteiger partial charge is 0.0359 e. The Morgan fingerprint density at radius 2 is 2.07 bits per heavy atom. The number of nitrogens with one attached hydrogen (secondary N) is 1. The first kappa shape index (κ1) is 10.7. The van der Waals surface area contributed by atoms with Gasteiger partial charge in [-0.1, -0.05) is 33.1 Å². The standard InChI is InChI=1S/C13H22N2/c1-10(2)13-12-8-6-4-3-5-7-11(12)9-14-15-13/h9-11,15H,3-8H2,1-2H3. The van der Waals surface area contributed by atoms with Gasteiger partial charge in [-0.05, 0) is 30.8 Å². The third kappa shape index (κ3) is 2.42. The Bertz CT molecular complexity index is 276. The predicted octanol–water partition coefficient (Wildman–Crippen LogP) is 3.46. The van der Waals surface area contributed by atoms with E-state index in [9.17, 15) is 0 Å². The highest BCUT2D eigenvalue weighted by Crippen LogP contribution is 2.31. The summed E-state index contributed by atoms with van der Waals surface area (Å²) in [5, 5.41) is 4.30. The maximum atomic E-state index is 4.30. The van der Waals surface area contributed by atoms with Crippen molar-refractivity contribution in [3.05, 3.63) is 11.3 Å². The molecule has 2 rings (SSSR count). The van der Waals surface area contributed by atoms with Crippen molar-refractivity contribution in [2.45, 2.75) is 52.4 Å². The third-order valence-electron chi connectivity index (χ3n) is 3.52. The summed E-state index contributed by atoms with van der Waals surface area (Å²) in [5.74, 6) is 1.21. The molecule has 0 radical (unpaired) electrons. The molecule has 2 nitrogen and oxygen atoms in total. The van der Waals surface area contributed by atoms with Crippen LogP contribution in [0.5, 0.6) is 0 Å². The van der Waals surface area contributed by atoms with E-state index in [4.69, 9.17) is 0 Å². The molecule has 0 aromatic heterocycles. The van der Waals surface area contributed by atoms with Crippen LogP contribution in [0.15, 0.2) is 16.4 Å².